The van der Waals surface area contributed by atoms with Crippen molar-refractivity contribution in [2.24, 2.45) is 0 Å². The van der Waals surface area contributed by atoms with Crippen molar-refractivity contribution in [1.82, 2.24) is 15.5 Å². The maximum atomic E-state index is 12.9. The lowest BCUT2D eigenvalue weighted by molar-refractivity contribution is 0.427. The van der Waals surface area contributed by atoms with Gasteiger partial charge in [-0.05, 0) is 44.5 Å². The first-order chi connectivity index (χ1) is 10.1. The predicted octanol–water partition coefficient (Wildman–Crippen LogP) is 2.92. The van der Waals surface area contributed by atoms with E-state index in [2.05, 4.69) is 20.8 Å². The van der Waals surface area contributed by atoms with Gasteiger partial charge in [0.1, 0.15) is 5.82 Å². The van der Waals surface area contributed by atoms with E-state index in [-0.39, 0.29) is 17.9 Å². The molecule has 1 heterocycles. The molecule has 2 N–H and O–H groups in total. The largest absolute Gasteiger partial charge is 0.406 e. The standard InChI is InChI=1S/C15H21FN4O/c1-4-17-11(3)14-19-20-15(21-14)18-10(2)9-12-5-7-13(16)8-6-12/h5-8,10-11,17H,4,9H2,1-3H3,(H,18,20). The van der Waals surface area contributed by atoms with Crippen LogP contribution < -0.4 is 10.6 Å². The van der Waals surface area contributed by atoms with E-state index in [1.807, 2.05) is 20.8 Å². The first-order valence-electron chi connectivity index (χ1n) is 7.16. The molecule has 0 aliphatic rings. The molecule has 0 bridgehead atoms. The summed E-state index contributed by atoms with van der Waals surface area (Å²) in [4.78, 5) is 0. The normalized spacial score (nSPS) is 13.9. The van der Waals surface area contributed by atoms with Crippen LogP contribution in [0.3, 0.4) is 0 Å². The molecule has 0 aliphatic heterocycles. The first kappa shape index (κ1) is 15.4. The fourth-order valence-electron chi connectivity index (χ4n) is 2.10. The van der Waals surface area contributed by atoms with Crippen LogP contribution in [0.25, 0.3) is 0 Å². The number of hydrogen-bond donors (Lipinski definition) is 2. The Balaban J connectivity index is 1.90. The summed E-state index contributed by atoms with van der Waals surface area (Å²) in [6.07, 6.45) is 0.751. The number of hydrogen-bond acceptors (Lipinski definition) is 5. The van der Waals surface area contributed by atoms with Gasteiger partial charge in [-0.15, -0.1) is 5.10 Å². The third kappa shape index (κ3) is 4.53. The SMILES string of the molecule is CCNC(C)c1nnc(NC(C)Cc2ccc(F)cc2)o1. The van der Waals surface area contributed by atoms with Crippen molar-refractivity contribution in [2.75, 3.05) is 11.9 Å². The van der Waals surface area contributed by atoms with E-state index in [9.17, 15) is 4.39 Å². The van der Waals surface area contributed by atoms with Gasteiger partial charge < -0.3 is 15.1 Å². The van der Waals surface area contributed by atoms with Crippen molar-refractivity contribution in [1.29, 1.82) is 0 Å². The van der Waals surface area contributed by atoms with Gasteiger partial charge in [-0.25, -0.2) is 4.39 Å². The minimum Gasteiger partial charge on any atom is -0.406 e. The Morgan fingerprint density at radius 1 is 1.19 bits per heavy atom. The van der Waals surface area contributed by atoms with Crippen LogP contribution in [0.1, 0.15) is 38.3 Å². The minimum absolute atomic E-state index is 0.0328. The molecule has 2 rings (SSSR count). The van der Waals surface area contributed by atoms with E-state index in [1.54, 1.807) is 12.1 Å². The van der Waals surface area contributed by atoms with Gasteiger partial charge in [0, 0.05) is 6.04 Å². The summed E-state index contributed by atoms with van der Waals surface area (Å²) in [5.74, 6) is 0.339. The molecule has 21 heavy (non-hydrogen) atoms. The molecule has 0 amide bonds. The van der Waals surface area contributed by atoms with Gasteiger partial charge in [-0.3, -0.25) is 0 Å². The van der Waals surface area contributed by atoms with Crippen LogP contribution in [-0.4, -0.2) is 22.8 Å². The molecule has 1 aromatic heterocycles. The molecule has 2 unspecified atom stereocenters. The molecule has 2 aromatic rings. The van der Waals surface area contributed by atoms with Gasteiger partial charge in [0.2, 0.25) is 5.89 Å². The van der Waals surface area contributed by atoms with E-state index < -0.39 is 0 Å². The van der Waals surface area contributed by atoms with Crippen molar-refractivity contribution in [3.63, 3.8) is 0 Å². The van der Waals surface area contributed by atoms with Crippen LogP contribution in [-0.2, 0) is 6.42 Å². The van der Waals surface area contributed by atoms with Crippen LogP contribution in [0.4, 0.5) is 10.4 Å². The maximum Gasteiger partial charge on any atom is 0.315 e. The molecule has 5 nitrogen and oxygen atoms in total. The van der Waals surface area contributed by atoms with Gasteiger partial charge in [0.05, 0.1) is 6.04 Å². The Labute approximate surface area is 124 Å². The Hall–Kier alpha value is -1.95. The Kier molecular flexibility index (Phi) is 5.27. The van der Waals surface area contributed by atoms with Gasteiger partial charge in [0.15, 0.2) is 0 Å². The maximum absolute atomic E-state index is 12.9. The molecule has 0 spiro atoms. The number of rotatable bonds is 7. The van der Waals surface area contributed by atoms with Crippen molar-refractivity contribution >= 4 is 6.01 Å². The minimum atomic E-state index is -0.224. The molecule has 2 atom stereocenters. The average Bonchev–Trinajstić information content (AvgIpc) is 2.90. The van der Waals surface area contributed by atoms with Crippen molar-refractivity contribution in [3.8, 4) is 0 Å². The lowest BCUT2D eigenvalue weighted by Crippen LogP contribution is -2.18. The fraction of sp³-hybridized carbons (Fsp3) is 0.467. The highest BCUT2D eigenvalue weighted by Crippen LogP contribution is 2.15. The Morgan fingerprint density at radius 3 is 2.57 bits per heavy atom. The Bertz CT molecular complexity index is 555. The second kappa shape index (κ2) is 7.17. The number of nitrogens with zero attached hydrogens (tertiary/aromatic N) is 2. The number of benzene rings is 1. The van der Waals surface area contributed by atoms with Gasteiger partial charge in [-0.2, -0.15) is 0 Å². The topological polar surface area (TPSA) is 63.0 Å². The summed E-state index contributed by atoms with van der Waals surface area (Å²) in [7, 11) is 0. The summed E-state index contributed by atoms with van der Waals surface area (Å²) in [6.45, 7) is 6.85. The zero-order chi connectivity index (χ0) is 15.2. The molecule has 6 heteroatoms. The number of anilines is 1. The van der Waals surface area contributed by atoms with Crippen LogP contribution in [0.5, 0.6) is 0 Å². The zero-order valence-electron chi connectivity index (χ0n) is 12.6. The van der Waals surface area contributed by atoms with E-state index in [1.165, 1.54) is 12.1 Å². The third-order valence-electron chi connectivity index (χ3n) is 3.15. The molecule has 0 saturated carbocycles. The highest BCUT2D eigenvalue weighted by atomic mass is 19.1. The quantitative estimate of drug-likeness (QED) is 0.821. The number of aromatic nitrogens is 2. The predicted molar refractivity (Wildman–Crippen MR) is 79.6 cm³/mol. The highest BCUT2D eigenvalue weighted by molar-refractivity contribution is 5.23. The van der Waals surface area contributed by atoms with E-state index in [4.69, 9.17) is 4.42 Å². The fourth-order valence-corrected chi connectivity index (χ4v) is 2.10. The Morgan fingerprint density at radius 2 is 1.90 bits per heavy atom. The summed E-state index contributed by atoms with van der Waals surface area (Å²) in [5.41, 5.74) is 1.05. The smallest absolute Gasteiger partial charge is 0.315 e. The van der Waals surface area contributed by atoms with Gasteiger partial charge in [0.25, 0.3) is 0 Å². The summed E-state index contributed by atoms with van der Waals surface area (Å²) in [5, 5.41) is 14.4. The molecule has 0 fully saturated rings. The molecule has 1 aromatic carbocycles. The second-order valence-electron chi connectivity index (χ2n) is 5.10. The van der Waals surface area contributed by atoms with E-state index >= 15 is 0 Å². The van der Waals surface area contributed by atoms with Crippen LogP contribution in [0, 0.1) is 5.82 Å². The highest BCUT2D eigenvalue weighted by Gasteiger charge is 2.14. The summed E-state index contributed by atoms with van der Waals surface area (Å²) >= 11 is 0. The molecule has 0 radical (unpaired) electrons. The molecular formula is C15H21FN4O. The first-order valence-corrected chi connectivity index (χ1v) is 7.16. The average molecular weight is 292 g/mol. The molecule has 0 aliphatic carbocycles. The summed E-state index contributed by atoms with van der Waals surface area (Å²) in [6, 6.07) is 7.03. The lowest BCUT2D eigenvalue weighted by atomic mass is 10.1. The van der Waals surface area contributed by atoms with Gasteiger partial charge in [-0.1, -0.05) is 24.2 Å². The number of halogens is 1. The zero-order valence-corrected chi connectivity index (χ0v) is 12.6. The molecule has 114 valence electrons. The van der Waals surface area contributed by atoms with E-state index in [0.29, 0.717) is 11.9 Å². The summed E-state index contributed by atoms with van der Waals surface area (Å²) < 4.78 is 18.4. The molecule has 0 saturated heterocycles. The van der Waals surface area contributed by atoms with Crippen molar-refractivity contribution in [2.45, 2.75) is 39.3 Å². The van der Waals surface area contributed by atoms with Crippen LogP contribution in [0.2, 0.25) is 0 Å². The van der Waals surface area contributed by atoms with Crippen molar-refractivity contribution in [3.05, 3.63) is 41.5 Å². The van der Waals surface area contributed by atoms with E-state index in [0.717, 1.165) is 18.5 Å². The lowest BCUT2D eigenvalue weighted by Gasteiger charge is -2.12. The number of nitrogens with one attached hydrogen (secondary N) is 2. The third-order valence-corrected chi connectivity index (χ3v) is 3.15. The van der Waals surface area contributed by atoms with Gasteiger partial charge >= 0.3 is 6.01 Å². The van der Waals surface area contributed by atoms with Crippen molar-refractivity contribution < 1.29 is 8.81 Å². The second-order valence-corrected chi connectivity index (χ2v) is 5.10. The molecular weight excluding hydrogens is 271 g/mol. The van der Waals surface area contributed by atoms with Crippen LogP contribution >= 0.6 is 0 Å². The monoisotopic (exact) mass is 292 g/mol. The van der Waals surface area contributed by atoms with Crippen LogP contribution in [0.15, 0.2) is 28.7 Å².